The first-order valence-corrected chi connectivity index (χ1v) is 6.72. The van der Waals surface area contributed by atoms with Crippen molar-refractivity contribution in [2.45, 2.75) is 37.1 Å². The van der Waals surface area contributed by atoms with E-state index < -0.39 is 0 Å². The van der Waals surface area contributed by atoms with E-state index in [1.54, 1.807) is 0 Å². The molecule has 2 atom stereocenters. The number of hydrogen-bond donors (Lipinski definition) is 2. The lowest BCUT2D eigenvalue weighted by Crippen LogP contribution is -2.56. The van der Waals surface area contributed by atoms with Crippen LogP contribution < -0.4 is 5.32 Å². The zero-order chi connectivity index (χ0) is 12.6. The molecule has 3 heteroatoms. The Bertz CT molecular complexity index is 434. The van der Waals surface area contributed by atoms with Gasteiger partial charge in [0, 0.05) is 5.92 Å². The van der Waals surface area contributed by atoms with E-state index in [0.29, 0.717) is 5.92 Å². The predicted molar refractivity (Wildman–Crippen MR) is 69.1 cm³/mol. The molecule has 3 rings (SSSR count). The van der Waals surface area contributed by atoms with Crippen molar-refractivity contribution >= 4 is 5.91 Å². The minimum absolute atomic E-state index is 0.0709. The SMILES string of the molecule is O=C(NC1(CO)CCC1)C1CC1c1ccccc1. The monoisotopic (exact) mass is 245 g/mol. The van der Waals surface area contributed by atoms with Crippen molar-refractivity contribution in [3.8, 4) is 0 Å². The van der Waals surface area contributed by atoms with Crippen LogP contribution in [-0.4, -0.2) is 23.2 Å². The van der Waals surface area contributed by atoms with Crippen LogP contribution in [-0.2, 0) is 4.79 Å². The fourth-order valence-electron chi connectivity index (χ4n) is 2.83. The summed E-state index contributed by atoms with van der Waals surface area (Å²) in [5.74, 6) is 0.607. The van der Waals surface area contributed by atoms with Crippen LogP contribution in [0.2, 0.25) is 0 Å². The van der Waals surface area contributed by atoms with E-state index in [0.717, 1.165) is 25.7 Å². The number of carbonyl (C=O) groups excluding carboxylic acids is 1. The molecule has 18 heavy (non-hydrogen) atoms. The molecule has 2 aliphatic carbocycles. The molecule has 2 fully saturated rings. The van der Waals surface area contributed by atoms with E-state index >= 15 is 0 Å². The maximum atomic E-state index is 12.1. The lowest BCUT2D eigenvalue weighted by molar-refractivity contribution is -0.126. The Labute approximate surface area is 107 Å². The van der Waals surface area contributed by atoms with Gasteiger partial charge in [0.25, 0.3) is 0 Å². The van der Waals surface area contributed by atoms with Crippen LogP contribution in [0.15, 0.2) is 30.3 Å². The molecule has 0 radical (unpaired) electrons. The van der Waals surface area contributed by atoms with E-state index in [1.807, 2.05) is 18.2 Å². The van der Waals surface area contributed by atoms with Crippen LogP contribution in [0.3, 0.4) is 0 Å². The van der Waals surface area contributed by atoms with E-state index in [9.17, 15) is 9.90 Å². The Morgan fingerprint density at radius 1 is 1.33 bits per heavy atom. The van der Waals surface area contributed by atoms with E-state index in [-0.39, 0.29) is 24.0 Å². The van der Waals surface area contributed by atoms with Crippen molar-refractivity contribution in [3.63, 3.8) is 0 Å². The van der Waals surface area contributed by atoms with Crippen molar-refractivity contribution in [2.24, 2.45) is 5.92 Å². The summed E-state index contributed by atoms with van der Waals surface area (Å²) in [4.78, 5) is 12.1. The van der Waals surface area contributed by atoms with Crippen LogP contribution in [0.5, 0.6) is 0 Å². The minimum Gasteiger partial charge on any atom is -0.394 e. The number of nitrogens with one attached hydrogen (secondary N) is 1. The largest absolute Gasteiger partial charge is 0.394 e. The fourth-order valence-corrected chi connectivity index (χ4v) is 2.83. The van der Waals surface area contributed by atoms with Crippen LogP contribution in [0.4, 0.5) is 0 Å². The molecule has 0 aliphatic heterocycles. The highest BCUT2D eigenvalue weighted by Gasteiger charge is 2.47. The van der Waals surface area contributed by atoms with E-state index in [2.05, 4.69) is 17.4 Å². The van der Waals surface area contributed by atoms with Gasteiger partial charge in [-0.3, -0.25) is 4.79 Å². The Balaban J connectivity index is 1.60. The smallest absolute Gasteiger partial charge is 0.224 e. The second kappa shape index (κ2) is 4.39. The molecule has 0 aromatic heterocycles. The normalized spacial score (nSPS) is 28.3. The molecule has 2 N–H and O–H groups in total. The molecule has 0 saturated heterocycles. The molecule has 1 aromatic rings. The van der Waals surface area contributed by atoms with Gasteiger partial charge in [-0.05, 0) is 37.2 Å². The molecule has 2 unspecified atom stereocenters. The van der Waals surface area contributed by atoms with Gasteiger partial charge >= 0.3 is 0 Å². The zero-order valence-corrected chi connectivity index (χ0v) is 10.4. The van der Waals surface area contributed by atoms with Gasteiger partial charge in [-0.1, -0.05) is 30.3 Å². The van der Waals surface area contributed by atoms with Crippen molar-refractivity contribution in [1.29, 1.82) is 0 Å². The van der Waals surface area contributed by atoms with Gasteiger partial charge < -0.3 is 10.4 Å². The molecule has 0 bridgehead atoms. The molecule has 2 aliphatic rings. The number of aliphatic hydroxyl groups is 1. The van der Waals surface area contributed by atoms with Crippen LogP contribution in [0.25, 0.3) is 0 Å². The summed E-state index contributed by atoms with van der Waals surface area (Å²) < 4.78 is 0. The number of benzene rings is 1. The summed E-state index contributed by atoms with van der Waals surface area (Å²) in [6.45, 7) is 0.0709. The van der Waals surface area contributed by atoms with Crippen molar-refractivity contribution in [2.75, 3.05) is 6.61 Å². The third-order valence-corrected chi connectivity index (χ3v) is 4.36. The van der Waals surface area contributed by atoms with E-state index in [4.69, 9.17) is 0 Å². The summed E-state index contributed by atoms with van der Waals surface area (Å²) in [6.07, 6.45) is 3.88. The maximum Gasteiger partial charge on any atom is 0.224 e. The summed E-state index contributed by atoms with van der Waals surface area (Å²) in [5, 5.41) is 12.4. The number of rotatable bonds is 4. The highest BCUT2D eigenvalue weighted by atomic mass is 16.3. The number of carbonyl (C=O) groups is 1. The third kappa shape index (κ3) is 2.03. The predicted octanol–water partition coefficient (Wildman–Crippen LogP) is 1.82. The van der Waals surface area contributed by atoms with Gasteiger partial charge in [0.1, 0.15) is 0 Å². The van der Waals surface area contributed by atoms with Gasteiger partial charge in [0.05, 0.1) is 12.1 Å². The van der Waals surface area contributed by atoms with Gasteiger partial charge in [-0.2, -0.15) is 0 Å². The molecule has 96 valence electrons. The fraction of sp³-hybridized carbons (Fsp3) is 0.533. The molecule has 0 heterocycles. The highest BCUT2D eigenvalue weighted by molar-refractivity contribution is 5.83. The zero-order valence-electron chi connectivity index (χ0n) is 10.4. The summed E-state index contributed by atoms with van der Waals surface area (Å²) in [7, 11) is 0. The molecule has 3 nitrogen and oxygen atoms in total. The van der Waals surface area contributed by atoms with E-state index in [1.165, 1.54) is 5.56 Å². The molecular formula is C15H19NO2. The lowest BCUT2D eigenvalue weighted by atomic mass is 9.77. The van der Waals surface area contributed by atoms with Gasteiger partial charge in [-0.25, -0.2) is 0 Å². The average molecular weight is 245 g/mol. The molecule has 1 amide bonds. The van der Waals surface area contributed by atoms with Crippen LogP contribution in [0.1, 0.15) is 37.2 Å². The maximum absolute atomic E-state index is 12.1. The van der Waals surface area contributed by atoms with Gasteiger partial charge in [0.2, 0.25) is 5.91 Å². The highest BCUT2D eigenvalue weighted by Crippen LogP contribution is 2.48. The van der Waals surface area contributed by atoms with Gasteiger partial charge in [0.15, 0.2) is 0 Å². The molecule has 2 saturated carbocycles. The molecule has 1 aromatic carbocycles. The Morgan fingerprint density at radius 2 is 2.06 bits per heavy atom. The standard InChI is InChI=1S/C15H19NO2/c17-10-15(7-4-8-15)16-14(18)13-9-12(13)11-5-2-1-3-6-11/h1-3,5-6,12-13,17H,4,7-10H2,(H,16,18). The summed E-state index contributed by atoms with van der Waals surface area (Å²) in [6, 6.07) is 10.2. The number of amides is 1. The third-order valence-electron chi connectivity index (χ3n) is 4.36. The Hall–Kier alpha value is -1.35. The van der Waals surface area contributed by atoms with Crippen molar-refractivity contribution in [3.05, 3.63) is 35.9 Å². The first-order chi connectivity index (χ1) is 8.74. The second-order valence-corrected chi connectivity index (χ2v) is 5.64. The first kappa shape index (κ1) is 11.7. The van der Waals surface area contributed by atoms with Gasteiger partial charge in [-0.15, -0.1) is 0 Å². The number of hydrogen-bond acceptors (Lipinski definition) is 2. The Morgan fingerprint density at radius 3 is 2.61 bits per heavy atom. The first-order valence-electron chi connectivity index (χ1n) is 6.72. The lowest BCUT2D eigenvalue weighted by Gasteiger charge is -2.41. The summed E-state index contributed by atoms with van der Waals surface area (Å²) >= 11 is 0. The van der Waals surface area contributed by atoms with Crippen molar-refractivity contribution < 1.29 is 9.90 Å². The topological polar surface area (TPSA) is 49.3 Å². The Kier molecular flexibility index (Phi) is 2.86. The molecule has 0 spiro atoms. The average Bonchev–Trinajstić information content (AvgIpc) is 3.15. The molecular weight excluding hydrogens is 226 g/mol. The van der Waals surface area contributed by atoms with Crippen molar-refractivity contribution in [1.82, 2.24) is 5.32 Å². The quantitative estimate of drug-likeness (QED) is 0.850. The minimum atomic E-state index is -0.305. The summed E-state index contributed by atoms with van der Waals surface area (Å²) in [5.41, 5.74) is 0.949. The number of aliphatic hydroxyl groups excluding tert-OH is 1. The van der Waals surface area contributed by atoms with Crippen LogP contribution >= 0.6 is 0 Å². The second-order valence-electron chi connectivity index (χ2n) is 5.64. The van der Waals surface area contributed by atoms with Crippen LogP contribution in [0, 0.1) is 5.92 Å².